The van der Waals surface area contributed by atoms with Crippen LogP contribution in [0.4, 0.5) is 0 Å². The van der Waals surface area contributed by atoms with Crippen LogP contribution in [0.15, 0.2) is 67.3 Å². The summed E-state index contributed by atoms with van der Waals surface area (Å²) in [5, 5.41) is 0. The van der Waals surface area contributed by atoms with Crippen molar-refractivity contribution in [2.75, 3.05) is 0 Å². The summed E-state index contributed by atoms with van der Waals surface area (Å²) in [5.74, 6) is 0. The molecule has 0 aliphatic carbocycles. The fourth-order valence-corrected chi connectivity index (χ4v) is 1.82. The van der Waals surface area contributed by atoms with E-state index in [0.717, 1.165) is 5.69 Å². The predicted molar refractivity (Wildman–Crippen MR) is 67.8 cm³/mol. The lowest BCUT2D eigenvalue weighted by Gasteiger charge is -2.05. The van der Waals surface area contributed by atoms with Gasteiger partial charge in [-0.25, -0.2) is 0 Å². The second-order valence-electron chi connectivity index (χ2n) is 3.80. The van der Waals surface area contributed by atoms with Crippen LogP contribution in [0.5, 0.6) is 0 Å². The van der Waals surface area contributed by atoms with E-state index >= 15 is 0 Å². The van der Waals surface area contributed by atoms with Crippen LogP contribution in [0.2, 0.25) is 0 Å². The van der Waals surface area contributed by atoms with Crippen molar-refractivity contribution in [3.63, 3.8) is 0 Å². The summed E-state index contributed by atoms with van der Waals surface area (Å²) in [7, 11) is 0. The minimum absolute atomic E-state index is 1.14. The first kappa shape index (κ1) is 9.85. The molecule has 3 rings (SSSR count). The van der Waals surface area contributed by atoms with Crippen molar-refractivity contribution >= 4 is 0 Å². The highest BCUT2D eigenvalue weighted by molar-refractivity contribution is 5.63. The second-order valence-corrected chi connectivity index (χ2v) is 3.80. The molecule has 2 aromatic heterocycles. The smallest absolute Gasteiger partial charge is 0.0450 e. The van der Waals surface area contributed by atoms with E-state index in [9.17, 15) is 0 Å². The monoisotopic (exact) mass is 219 g/mol. The van der Waals surface area contributed by atoms with Crippen molar-refractivity contribution < 1.29 is 0 Å². The topological polar surface area (TPSA) is 17.8 Å². The standard InChI is InChI=1S/C15H11N2/c1-2-12-17(11-1)15-5-3-13(4-6-15)14-7-9-16-10-8-14/h1,3-12H. The molecule has 0 bridgehead atoms. The Morgan fingerprint density at radius 1 is 0.882 bits per heavy atom. The maximum Gasteiger partial charge on any atom is 0.0450 e. The molecule has 1 radical (unpaired) electrons. The Labute approximate surface area is 100 Å². The number of aromatic nitrogens is 2. The average Bonchev–Trinajstić information content (AvgIpc) is 2.94. The molecule has 2 heterocycles. The van der Waals surface area contributed by atoms with Gasteiger partial charge in [0.15, 0.2) is 0 Å². The molecule has 0 fully saturated rings. The number of rotatable bonds is 2. The molecule has 2 nitrogen and oxygen atoms in total. The van der Waals surface area contributed by atoms with Gasteiger partial charge < -0.3 is 4.57 Å². The zero-order valence-electron chi connectivity index (χ0n) is 9.25. The van der Waals surface area contributed by atoms with E-state index in [1.807, 2.05) is 47.6 Å². The quantitative estimate of drug-likeness (QED) is 0.646. The minimum Gasteiger partial charge on any atom is -0.323 e. The summed E-state index contributed by atoms with van der Waals surface area (Å²) in [5.41, 5.74) is 3.53. The van der Waals surface area contributed by atoms with Gasteiger partial charge in [-0.1, -0.05) is 12.1 Å². The first-order valence-corrected chi connectivity index (χ1v) is 5.48. The van der Waals surface area contributed by atoms with Gasteiger partial charge in [0.1, 0.15) is 0 Å². The molecule has 0 spiro atoms. The molecule has 2 heteroatoms. The van der Waals surface area contributed by atoms with Gasteiger partial charge in [0.2, 0.25) is 0 Å². The summed E-state index contributed by atoms with van der Waals surface area (Å²) in [4.78, 5) is 4.02. The van der Waals surface area contributed by atoms with Gasteiger partial charge in [-0.3, -0.25) is 4.98 Å². The third-order valence-corrected chi connectivity index (χ3v) is 2.72. The van der Waals surface area contributed by atoms with E-state index in [1.54, 1.807) is 0 Å². The van der Waals surface area contributed by atoms with Crippen molar-refractivity contribution in [2.45, 2.75) is 0 Å². The molecule has 1 aromatic carbocycles. The lowest BCUT2D eigenvalue weighted by atomic mass is 10.1. The van der Waals surface area contributed by atoms with Crippen molar-refractivity contribution in [1.29, 1.82) is 0 Å². The molecular formula is C15H11N2. The van der Waals surface area contributed by atoms with Crippen LogP contribution >= 0.6 is 0 Å². The molecule has 0 aliphatic heterocycles. The molecule has 81 valence electrons. The van der Waals surface area contributed by atoms with Gasteiger partial charge in [-0.2, -0.15) is 0 Å². The van der Waals surface area contributed by atoms with E-state index in [-0.39, 0.29) is 0 Å². The van der Waals surface area contributed by atoms with Gasteiger partial charge >= 0.3 is 0 Å². The highest BCUT2D eigenvalue weighted by Gasteiger charge is 1.98. The zero-order chi connectivity index (χ0) is 11.5. The second kappa shape index (κ2) is 4.26. The van der Waals surface area contributed by atoms with Crippen LogP contribution in [0.25, 0.3) is 16.8 Å². The van der Waals surface area contributed by atoms with Crippen LogP contribution in [-0.2, 0) is 0 Å². The van der Waals surface area contributed by atoms with Crippen LogP contribution in [0.1, 0.15) is 0 Å². The molecule has 0 saturated carbocycles. The van der Waals surface area contributed by atoms with Gasteiger partial charge in [-0.15, -0.1) is 0 Å². The van der Waals surface area contributed by atoms with Gasteiger partial charge in [0.25, 0.3) is 0 Å². The van der Waals surface area contributed by atoms with Crippen LogP contribution in [-0.4, -0.2) is 9.55 Å². The molecule has 3 aromatic rings. The summed E-state index contributed by atoms with van der Waals surface area (Å²) in [6.45, 7) is 0. The summed E-state index contributed by atoms with van der Waals surface area (Å²) < 4.78 is 2.04. The Morgan fingerprint density at radius 2 is 1.59 bits per heavy atom. The third kappa shape index (κ3) is 1.97. The first-order chi connectivity index (χ1) is 8.43. The maximum absolute atomic E-state index is 4.02. The number of benzene rings is 1. The van der Waals surface area contributed by atoms with E-state index in [4.69, 9.17) is 0 Å². The van der Waals surface area contributed by atoms with Crippen LogP contribution in [0.3, 0.4) is 0 Å². The predicted octanol–water partition coefficient (Wildman–Crippen LogP) is 3.34. The lowest BCUT2D eigenvalue weighted by molar-refractivity contribution is 1.08. The van der Waals surface area contributed by atoms with Crippen molar-refractivity contribution in [3.05, 3.63) is 73.3 Å². The van der Waals surface area contributed by atoms with Crippen LogP contribution in [0, 0.1) is 6.07 Å². The van der Waals surface area contributed by atoms with E-state index in [2.05, 4.69) is 35.3 Å². The van der Waals surface area contributed by atoms with E-state index < -0.39 is 0 Å². The highest BCUT2D eigenvalue weighted by Crippen LogP contribution is 2.20. The molecule has 17 heavy (non-hydrogen) atoms. The Bertz CT molecular complexity index is 581. The molecule has 0 aliphatic rings. The largest absolute Gasteiger partial charge is 0.323 e. The van der Waals surface area contributed by atoms with E-state index in [1.165, 1.54) is 11.1 Å². The zero-order valence-corrected chi connectivity index (χ0v) is 9.25. The molecule has 0 atom stereocenters. The third-order valence-electron chi connectivity index (χ3n) is 2.72. The van der Waals surface area contributed by atoms with Gasteiger partial charge in [-0.05, 0) is 41.5 Å². The van der Waals surface area contributed by atoms with Crippen LogP contribution < -0.4 is 0 Å². The SMILES string of the molecule is [c]1ccn(-c2ccc(-c3ccncc3)cc2)c1. The molecule has 0 amide bonds. The minimum atomic E-state index is 1.14. The maximum atomic E-state index is 4.02. The number of pyridine rings is 1. The lowest BCUT2D eigenvalue weighted by Crippen LogP contribution is -1.88. The van der Waals surface area contributed by atoms with Crippen molar-refractivity contribution in [1.82, 2.24) is 9.55 Å². The Balaban J connectivity index is 1.96. The summed E-state index contributed by atoms with van der Waals surface area (Å²) >= 11 is 0. The number of hydrogen-bond donors (Lipinski definition) is 0. The average molecular weight is 219 g/mol. The Hall–Kier alpha value is -2.35. The Kier molecular flexibility index (Phi) is 2.47. The normalized spacial score (nSPS) is 10.4. The van der Waals surface area contributed by atoms with Gasteiger partial charge in [0.05, 0.1) is 0 Å². The van der Waals surface area contributed by atoms with Gasteiger partial charge in [0, 0.05) is 36.5 Å². The fraction of sp³-hybridized carbons (Fsp3) is 0. The molecular weight excluding hydrogens is 208 g/mol. The first-order valence-electron chi connectivity index (χ1n) is 5.48. The molecule has 0 unspecified atom stereocenters. The summed E-state index contributed by atoms with van der Waals surface area (Å²) in [6, 6.07) is 17.4. The molecule has 0 N–H and O–H groups in total. The van der Waals surface area contributed by atoms with Crippen molar-refractivity contribution in [2.24, 2.45) is 0 Å². The summed E-state index contributed by atoms with van der Waals surface area (Å²) in [6.07, 6.45) is 7.52. The highest BCUT2D eigenvalue weighted by atomic mass is 14.9. The fourth-order valence-electron chi connectivity index (χ4n) is 1.82. The number of hydrogen-bond acceptors (Lipinski definition) is 1. The number of nitrogens with zero attached hydrogens (tertiary/aromatic N) is 2. The molecule has 0 saturated heterocycles. The van der Waals surface area contributed by atoms with E-state index in [0.29, 0.717) is 0 Å². The Morgan fingerprint density at radius 3 is 2.24 bits per heavy atom. The van der Waals surface area contributed by atoms with Crippen molar-refractivity contribution in [3.8, 4) is 16.8 Å².